The van der Waals surface area contributed by atoms with Gasteiger partial charge in [-0.05, 0) is 6.07 Å². The highest BCUT2D eigenvalue weighted by Crippen LogP contribution is 2.21. The van der Waals surface area contributed by atoms with Crippen molar-refractivity contribution in [2.75, 3.05) is 0 Å². The number of pyridine rings is 1. The Bertz CT molecular complexity index is 534. The lowest BCUT2D eigenvalue weighted by atomic mass is 10.1. The summed E-state index contributed by atoms with van der Waals surface area (Å²) in [6.07, 6.45) is 4.76. The molecule has 18 heavy (non-hydrogen) atoms. The van der Waals surface area contributed by atoms with Crippen LogP contribution < -0.4 is 5.32 Å². The summed E-state index contributed by atoms with van der Waals surface area (Å²) in [5, 5.41) is 7.70. The quantitative estimate of drug-likeness (QED) is 0.901. The van der Waals surface area contributed by atoms with Crippen molar-refractivity contribution in [3.8, 4) is 11.3 Å². The molecule has 0 amide bonds. The van der Waals surface area contributed by atoms with Crippen LogP contribution in [-0.2, 0) is 13.6 Å². The monoisotopic (exact) mass is 248 g/mol. The first-order valence-corrected chi connectivity index (χ1v) is 5.93. The number of hydrogen-bond acceptors (Lipinski definition) is 3. The molecule has 1 N–H and O–H groups in total. The van der Waals surface area contributed by atoms with Crippen molar-refractivity contribution in [3.05, 3.63) is 36.0 Å². The smallest absolute Gasteiger partial charge is 0.142 e. The Hall–Kier alpha value is -1.75. The van der Waals surface area contributed by atoms with Crippen LogP contribution in [0.2, 0.25) is 0 Å². The molecule has 0 aliphatic heterocycles. The molecule has 5 heteroatoms. The van der Waals surface area contributed by atoms with Crippen molar-refractivity contribution in [1.82, 2.24) is 20.1 Å². The third-order valence-corrected chi connectivity index (χ3v) is 2.58. The number of nitrogens with one attached hydrogen (secondary N) is 1. The highest BCUT2D eigenvalue weighted by Gasteiger charge is 2.11. The molecule has 2 aromatic heterocycles. The Kier molecular flexibility index (Phi) is 3.72. The summed E-state index contributed by atoms with van der Waals surface area (Å²) < 4.78 is 14.9. The molecule has 2 rings (SSSR count). The molecule has 0 radical (unpaired) electrons. The van der Waals surface area contributed by atoms with Crippen LogP contribution in [-0.4, -0.2) is 20.8 Å². The lowest BCUT2D eigenvalue weighted by Gasteiger charge is -2.07. The van der Waals surface area contributed by atoms with Gasteiger partial charge in [-0.2, -0.15) is 5.10 Å². The van der Waals surface area contributed by atoms with Gasteiger partial charge in [0.15, 0.2) is 0 Å². The normalized spacial score (nSPS) is 11.2. The summed E-state index contributed by atoms with van der Waals surface area (Å²) in [7, 11) is 1.86. The molecule has 0 saturated heterocycles. The summed E-state index contributed by atoms with van der Waals surface area (Å²) in [5.74, 6) is -0.346. The van der Waals surface area contributed by atoms with Gasteiger partial charge in [0.25, 0.3) is 0 Å². The molecular weight excluding hydrogens is 231 g/mol. The maximum absolute atomic E-state index is 13.2. The molecule has 0 saturated carbocycles. The van der Waals surface area contributed by atoms with E-state index in [2.05, 4.69) is 29.2 Å². The molecule has 4 nitrogen and oxygen atoms in total. The molecular formula is C13H17FN4. The Morgan fingerprint density at radius 1 is 1.39 bits per heavy atom. The Morgan fingerprint density at radius 2 is 2.17 bits per heavy atom. The van der Waals surface area contributed by atoms with E-state index in [9.17, 15) is 4.39 Å². The summed E-state index contributed by atoms with van der Waals surface area (Å²) in [5.41, 5.74) is 2.52. The van der Waals surface area contributed by atoms with Crippen molar-refractivity contribution in [1.29, 1.82) is 0 Å². The standard InChI is InChI=1S/C13H17FN4/c1-9(2)16-6-11-8-18(3)17-13(11)10-4-12(14)7-15-5-10/h4-5,7-9,16H,6H2,1-3H3. The minimum absolute atomic E-state index is 0.346. The van der Waals surface area contributed by atoms with Crippen LogP contribution in [0.3, 0.4) is 0 Å². The fraction of sp³-hybridized carbons (Fsp3) is 0.385. The van der Waals surface area contributed by atoms with E-state index in [1.54, 1.807) is 10.9 Å². The lowest BCUT2D eigenvalue weighted by Crippen LogP contribution is -2.21. The van der Waals surface area contributed by atoms with Gasteiger partial charge >= 0.3 is 0 Å². The number of aryl methyl sites for hydroxylation is 1. The second-order valence-electron chi connectivity index (χ2n) is 4.60. The first kappa shape index (κ1) is 12.7. The highest BCUT2D eigenvalue weighted by molar-refractivity contribution is 5.61. The molecule has 0 spiro atoms. The minimum Gasteiger partial charge on any atom is -0.310 e. The maximum Gasteiger partial charge on any atom is 0.142 e. The van der Waals surface area contributed by atoms with Gasteiger partial charge in [0.2, 0.25) is 0 Å². The Balaban J connectivity index is 2.32. The summed E-state index contributed by atoms with van der Waals surface area (Å²) >= 11 is 0. The van der Waals surface area contributed by atoms with Crippen LogP contribution in [0, 0.1) is 5.82 Å². The molecule has 0 atom stereocenters. The van der Waals surface area contributed by atoms with Crippen LogP contribution in [0.25, 0.3) is 11.3 Å². The molecule has 0 unspecified atom stereocenters. The molecule has 0 aromatic carbocycles. The van der Waals surface area contributed by atoms with Gasteiger partial charge in [0.1, 0.15) is 5.82 Å². The van der Waals surface area contributed by atoms with Crippen molar-refractivity contribution < 1.29 is 4.39 Å². The second kappa shape index (κ2) is 5.27. The van der Waals surface area contributed by atoms with E-state index in [4.69, 9.17) is 0 Å². The zero-order valence-electron chi connectivity index (χ0n) is 10.8. The van der Waals surface area contributed by atoms with Gasteiger partial charge in [-0.25, -0.2) is 4.39 Å². The lowest BCUT2D eigenvalue weighted by molar-refractivity contribution is 0.589. The summed E-state index contributed by atoms with van der Waals surface area (Å²) in [6, 6.07) is 1.84. The average molecular weight is 248 g/mol. The Morgan fingerprint density at radius 3 is 2.83 bits per heavy atom. The molecule has 0 fully saturated rings. The van der Waals surface area contributed by atoms with Gasteiger partial charge in [-0.15, -0.1) is 0 Å². The van der Waals surface area contributed by atoms with Crippen LogP contribution in [0.4, 0.5) is 4.39 Å². The van der Waals surface area contributed by atoms with Crippen molar-refractivity contribution in [2.45, 2.75) is 26.4 Å². The number of nitrogens with zero attached hydrogens (tertiary/aromatic N) is 3. The van der Waals surface area contributed by atoms with Gasteiger partial charge in [0, 0.05) is 43.2 Å². The number of aromatic nitrogens is 3. The highest BCUT2D eigenvalue weighted by atomic mass is 19.1. The topological polar surface area (TPSA) is 42.7 Å². The van der Waals surface area contributed by atoms with Crippen LogP contribution in [0.15, 0.2) is 24.7 Å². The summed E-state index contributed by atoms with van der Waals surface area (Å²) in [6.45, 7) is 4.87. The van der Waals surface area contributed by atoms with E-state index < -0.39 is 0 Å². The zero-order valence-corrected chi connectivity index (χ0v) is 10.8. The number of halogens is 1. The minimum atomic E-state index is -0.346. The third kappa shape index (κ3) is 2.92. The van der Waals surface area contributed by atoms with Crippen molar-refractivity contribution in [3.63, 3.8) is 0 Å². The second-order valence-corrected chi connectivity index (χ2v) is 4.60. The van der Waals surface area contributed by atoms with E-state index in [-0.39, 0.29) is 5.82 Å². The molecule has 96 valence electrons. The fourth-order valence-corrected chi connectivity index (χ4v) is 1.77. The van der Waals surface area contributed by atoms with Crippen LogP contribution in [0.5, 0.6) is 0 Å². The number of hydrogen-bond donors (Lipinski definition) is 1. The van der Waals surface area contributed by atoms with Crippen LogP contribution in [0.1, 0.15) is 19.4 Å². The van der Waals surface area contributed by atoms with Crippen LogP contribution >= 0.6 is 0 Å². The predicted octanol–water partition coefficient (Wildman–Crippen LogP) is 2.12. The number of rotatable bonds is 4. The predicted molar refractivity (Wildman–Crippen MR) is 68.4 cm³/mol. The van der Waals surface area contributed by atoms with E-state index in [1.807, 2.05) is 13.2 Å². The SMILES string of the molecule is CC(C)NCc1cn(C)nc1-c1cncc(F)c1. The van der Waals surface area contributed by atoms with Gasteiger partial charge < -0.3 is 5.32 Å². The largest absolute Gasteiger partial charge is 0.310 e. The van der Waals surface area contributed by atoms with E-state index >= 15 is 0 Å². The van der Waals surface area contributed by atoms with Crippen molar-refractivity contribution in [2.24, 2.45) is 7.05 Å². The fourth-order valence-electron chi connectivity index (χ4n) is 1.77. The van der Waals surface area contributed by atoms with Gasteiger partial charge in [-0.3, -0.25) is 9.67 Å². The van der Waals surface area contributed by atoms with E-state index in [0.717, 1.165) is 11.3 Å². The van der Waals surface area contributed by atoms with Crippen molar-refractivity contribution >= 4 is 0 Å². The first-order valence-electron chi connectivity index (χ1n) is 5.93. The molecule has 0 bridgehead atoms. The molecule has 0 aliphatic rings. The molecule has 2 aromatic rings. The Labute approximate surface area is 106 Å². The van der Waals surface area contributed by atoms with E-state index in [1.165, 1.54) is 12.3 Å². The summed E-state index contributed by atoms with van der Waals surface area (Å²) in [4.78, 5) is 3.86. The van der Waals surface area contributed by atoms with Gasteiger partial charge in [0.05, 0.1) is 11.9 Å². The zero-order chi connectivity index (χ0) is 13.1. The van der Waals surface area contributed by atoms with E-state index in [0.29, 0.717) is 18.2 Å². The van der Waals surface area contributed by atoms with Gasteiger partial charge in [-0.1, -0.05) is 13.8 Å². The first-order chi connectivity index (χ1) is 8.56. The molecule has 0 aliphatic carbocycles. The average Bonchev–Trinajstić information content (AvgIpc) is 2.68. The molecule has 2 heterocycles. The maximum atomic E-state index is 13.2. The third-order valence-electron chi connectivity index (χ3n) is 2.58.